The molecule has 0 aliphatic carbocycles. The van der Waals surface area contributed by atoms with Gasteiger partial charge in [0.1, 0.15) is 11.5 Å². The van der Waals surface area contributed by atoms with Gasteiger partial charge in [-0.1, -0.05) is 31.2 Å². The molecule has 3 nitrogen and oxygen atoms in total. The van der Waals surface area contributed by atoms with Gasteiger partial charge in [0, 0.05) is 12.8 Å². The van der Waals surface area contributed by atoms with Crippen molar-refractivity contribution in [3.8, 4) is 11.5 Å². The first-order valence-electron chi connectivity index (χ1n) is 6.67. The van der Waals surface area contributed by atoms with Crippen LogP contribution in [0.2, 0.25) is 0 Å². The van der Waals surface area contributed by atoms with Crippen LogP contribution in [0, 0.1) is 0 Å². The zero-order valence-electron chi connectivity index (χ0n) is 11.7. The molecule has 1 unspecified atom stereocenters. The molecule has 2 aromatic carbocycles. The number of hydrogen-bond donors (Lipinski definition) is 1. The molecule has 0 amide bonds. The molecule has 0 bridgehead atoms. The summed E-state index contributed by atoms with van der Waals surface area (Å²) in [4.78, 5) is 10.9. The van der Waals surface area contributed by atoms with Gasteiger partial charge in [-0.25, -0.2) is 0 Å². The monoisotopic (exact) mass is 270 g/mol. The molecular weight excluding hydrogens is 252 g/mol. The molecule has 0 fully saturated rings. The van der Waals surface area contributed by atoms with Crippen molar-refractivity contribution >= 4 is 5.97 Å². The Morgan fingerprint density at radius 2 is 1.55 bits per heavy atom. The average Bonchev–Trinajstić information content (AvgIpc) is 2.43. The van der Waals surface area contributed by atoms with Gasteiger partial charge in [-0.3, -0.25) is 4.79 Å². The first-order valence-corrected chi connectivity index (χ1v) is 6.67. The molecule has 1 atom stereocenters. The fourth-order valence-corrected chi connectivity index (χ4v) is 2.30. The zero-order chi connectivity index (χ0) is 14.5. The van der Waals surface area contributed by atoms with E-state index in [1.165, 1.54) is 6.92 Å². The molecule has 104 valence electrons. The predicted octanol–water partition coefficient (Wildman–Crippen LogP) is 3.86. The molecule has 0 saturated heterocycles. The van der Waals surface area contributed by atoms with Crippen LogP contribution in [0.5, 0.6) is 11.5 Å². The van der Waals surface area contributed by atoms with Gasteiger partial charge in [0.15, 0.2) is 0 Å². The molecule has 1 N–H and O–H groups in total. The smallest absolute Gasteiger partial charge is 0.308 e. The Bertz CT molecular complexity index is 570. The van der Waals surface area contributed by atoms with Gasteiger partial charge in [-0.2, -0.15) is 0 Å². The average molecular weight is 270 g/mol. The second kappa shape index (κ2) is 6.24. The number of benzene rings is 2. The minimum Gasteiger partial charge on any atom is -0.508 e. The Labute approximate surface area is 118 Å². The number of carbonyl (C=O) groups is 1. The molecule has 0 saturated carbocycles. The fourth-order valence-electron chi connectivity index (χ4n) is 2.30. The lowest BCUT2D eigenvalue weighted by atomic mass is 9.89. The van der Waals surface area contributed by atoms with E-state index in [1.54, 1.807) is 24.3 Å². The second-order valence-corrected chi connectivity index (χ2v) is 4.72. The number of phenols is 1. The summed E-state index contributed by atoms with van der Waals surface area (Å²) >= 11 is 0. The van der Waals surface area contributed by atoms with Crippen LogP contribution in [0.1, 0.15) is 37.3 Å². The van der Waals surface area contributed by atoms with Crippen molar-refractivity contribution in [2.24, 2.45) is 0 Å². The molecule has 0 aromatic heterocycles. The van der Waals surface area contributed by atoms with Gasteiger partial charge < -0.3 is 9.84 Å². The highest BCUT2D eigenvalue weighted by molar-refractivity contribution is 5.69. The SMILES string of the molecule is CCC(c1ccc(O)cc1)c1ccc(OC(C)=O)cc1. The molecule has 2 aromatic rings. The third-order valence-electron chi connectivity index (χ3n) is 3.25. The lowest BCUT2D eigenvalue weighted by molar-refractivity contribution is -0.131. The largest absolute Gasteiger partial charge is 0.508 e. The molecule has 0 aliphatic heterocycles. The number of phenolic OH excluding ortho intramolecular Hbond substituents is 1. The Hall–Kier alpha value is -2.29. The number of ether oxygens (including phenoxy) is 1. The Kier molecular flexibility index (Phi) is 4.41. The Balaban J connectivity index is 2.23. The second-order valence-electron chi connectivity index (χ2n) is 4.72. The van der Waals surface area contributed by atoms with Crippen molar-refractivity contribution in [1.29, 1.82) is 0 Å². The zero-order valence-corrected chi connectivity index (χ0v) is 11.7. The summed E-state index contributed by atoms with van der Waals surface area (Å²) in [6.07, 6.45) is 0.956. The highest BCUT2D eigenvalue weighted by Gasteiger charge is 2.12. The summed E-state index contributed by atoms with van der Waals surface area (Å²) in [6.45, 7) is 3.51. The number of esters is 1. The van der Waals surface area contributed by atoms with E-state index in [1.807, 2.05) is 24.3 Å². The number of hydrogen-bond acceptors (Lipinski definition) is 3. The maximum absolute atomic E-state index is 10.9. The summed E-state index contributed by atoms with van der Waals surface area (Å²) in [5.74, 6) is 0.779. The van der Waals surface area contributed by atoms with E-state index in [0.717, 1.165) is 17.5 Å². The quantitative estimate of drug-likeness (QED) is 0.678. The van der Waals surface area contributed by atoms with Crippen molar-refractivity contribution < 1.29 is 14.6 Å². The molecule has 0 aliphatic rings. The standard InChI is InChI=1S/C17H18O3/c1-3-17(13-4-8-15(19)9-5-13)14-6-10-16(11-7-14)20-12(2)18/h4-11,17,19H,3H2,1-2H3. The molecule has 3 heteroatoms. The van der Waals surface area contributed by atoms with Crippen LogP contribution in [0.4, 0.5) is 0 Å². The van der Waals surface area contributed by atoms with Crippen LogP contribution in [-0.4, -0.2) is 11.1 Å². The number of aromatic hydroxyl groups is 1. The molecule has 20 heavy (non-hydrogen) atoms. The maximum atomic E-state index is 10.9. The van der Waals surface area contributed by atoms with E-state index in [9.17, 15) is 9.90 Å². The third kappa shape index (κ3) is 3.38. The molecule has 2 rings (SSSR count). The Morgan fingerprint density at radius 1 is 1.05 bits per heavy atom. The van der Waals surface area contributed by atoms with Gasteiger partial charge >= 0.3 is 5.97 Å². The predicted molar refractivity (Wildman–Crippen MR) is 78.0 cm³/mol. The molecular formula is C17H18O3. The van der Waals surface area contributed by atoms with Crippen LogP contribution in [-0.2, 0) is 4.79 Å². The normalized spacial score (nSPS) is 11.9. The number of carbonyl (C=O) groups excluding carboxylic acids is 1. The van der Waals surface area contributed by atoms with Crippen molar-refractivity contribution in [2.75, 3.05) is 0 Å². The van der Waals surface area contributed by atoms with Crippen molar-refractivity contribution in [3.63, 3.8) is 0 Å². The van der Waals surface area contributed by atoms with Crippen LogP contribution < -0.4 is 4.74 Å². The van der Waals surface area contributed by atoms with Gasteiger partial charge in [0.05, 0.1) is 0 Å². The highest BCUT2D eigenvalue weighted by atomic mass is 16.5. The van der Waals surface area contributed by atoms with Crippen molar-refractivity contribution in [3.05, 3.63) is 59.7 Å². The summed E-state index contributed by atoms with van der Waals surface area (Å²) < 4.78 is 5.03. The van der Waals surface area contributed by atoms with Crippen LogP contribution >= 0.6 is 0 Å². The summed E-state index contributed by atoms with van der Waals surface area (Å²) in [6, 6.07) is 14.8. The first kappa shape index (κ1) is 14.1. The van der Waals surface area contributed by atoms with Crippen LogP contribution in [0.25, 0.3) is 0 Å². The van der Waals surface area contributed by atoms with Gasteiger partial charge in [-0.15, -0.1) is 0 Å². The van der Waals surface area contributed by atoms with Gasteiger partial charge in [0.25, 0.3) is 0 Å². The molecule has 0 radical (unpaired) electrons. The van der Waals surface area contributed by atoms with E-state index in [2.05, 4.69) is 6.92 Å². The maximum Gasteiger partial charge on any atom is 0.308 e. The highest BCUT2D eigenvalue weighted by Crippen LogP contribution is 2.30. The van der Waals surface area contributed by atoms with E-state index in [-0.39, 0.29) is 17.6 Å². The third-order valence-corrected chi connectivity index (χ3v) is 3.25. The van der Waals surface area contributed by atoms with Crippen LogP contribution in [0.15, 0.2) is 48.5 Å². The first-order chi connectivity index (χ1) is 9.60. The number of rotatable bonds is 4. The lowest BCUT2D eigenvalue weighted by Gasteiger charge is -2.16. The van der Waals surface area contributed by atoms with Gasteiger partial charge in [-0.05, 0) is 41.8 Å². The van der Waals surface area contributed by atoms with E-state index in [4.69, 9.17) is 4.74 Å². The van der Waals surface area contributed by atoms with E-state index < -0.39 is 0 Å². The minimum atomic E-state index is -0.316. The minimum absolute atomic E-state index is 0.266. The Morgan fingerprint density at radius 3 is 2.00 bits per heavy atom. The van der Waals surface area contributed by atoms with E-state index >= 15 is 0 Å². The summed E-state index contributed by atoms with van der Waals surface area (Å²) in [5.41, 5.74) is 2.32. The topological polar surface area (TPSA) is 46.5 Å². The van der Waals surface area contributed by atoms with Crippen molar-refractivity contribution in [2.45, 2.75) is 26.2 Å². The summed E-state index contributed by atoms with van der Waals surface area (Å²) in [7, 11) is 0. The lowest BCUT2D eigenvalue weighted by Crippen LogP contribution is -2.02. The van der Waals surface area contributed by atoms with E-state index in [0.29, 0.717) is 5.75 Å². The van der Waals surface area contributed by atoms with Crippen molar-refractivity contribution in [1.82, 2.24) is 0 Å². The van der Waals surface area contributed by atoms with Gasteiger partial charge in [0.2, 0.25) is 0 Å². The molecule has 0 spiro atoms. The molecule has 0 heterocycles. The summed E-state index contributed by atoms with van der Waals surface area (Å²) in [5, 5.41) is 9.35. The van der Waals surface area contributed by atoms with Crippen LogP contribution in [0.3, 0.4) is 0 Å². The fraction of sp³-hybridized carbons (Fsp3) is 0.235.